The van der Waals surface area contributed by atoms with Crippen molar-refractivity contribution < 1.29 is 4.79 Å². The molecule has 3 aromatic rings. The van der Waals surface area contributed by atoms with Crippen molar-refractivity contribution in [2.75, 3.05) is 19.6 Å². The molecule has 0 N–H and O–H groups in total. The van der Waals surface area contributed by atoms with Crippen LogP contribution in [0, 0.1) is 0 Å². The van der Waals surface area contributed by atoms with Crippen LogP contribution in [0.3, 0.4) is 0 Å². The molecule has 0 radical (unpaired) electrons. The smallest absolute Gasteiger partial charge is 0.173 e. The van der Waals surface area contributed by atoms with Crippen molar-refractivity contribution >= 4 is 5.78 Å². The summed E-state index contributed by atoms with van der Waals surface area (Å²) in [5.41, 5.74) is 2.99. The number of nitrogens with zero attached hydrogens (tertiary/aromatic N) is 1. The van der Waals surface area contributed by atoms with Gasteiger partial charge in [-0.25, -0.2) is 0 Å². The van der Waals surface area contributed by atoms with Gasteiger partial charge in [-0.3, -0.25) is 4.79 Å². The van der Waals surface area contributed by atoms with Gasteiger partial charge in [-0.15, -0.1) is 0 Å². The number of hydrogen-bond acceptors (Lipinski definition) is 2. The van der Waals surface area contributed by atoms with Crippen LogP contribution in [-0.2, 0) is 11.8 Å². The fourth-order valence-electron chi connectivity index (χ4n) is 4.58. The zero-order chi connectivity index (χ0) is 19.9. The van der Waals surface area contributed by atoms with Crippen LogP contribution < -0.4 is 0 Å². The average Bonchev–Trinajstić information content (AvgIpc) is 2.81. The summed E-state index contributed by atoms with van der Waals surface area (Å²) in [4.78, 5) is 16.1. The minimum atomic E-state index is -0.404. The number of hydrogen-bond donors (Lipinski definition) is 0. The van der Waals surface area contributed by atoms with Gasteiger partial charge in [-0.1, -0.05) is 91.0 Å². The van der Waals surface area contributed by atoms with E-state index in [9.17, 15) is 4.79 Å². The summed E-state index contributed by atoms with van der Waals surface area (Å²) in [7, 11) is 0. The van der Waals surface area contributed by atoms with Gasteiger partial charge in [0, 0.05) is 5.56 Å². The number of rotatable bonds is 7. The van der Waals surface area contributed by atoms with Crippen molar-refractivity contribution in [2.45, 2.75) is 31.1 Å². The van der Waals surface area contributed by atoms with Crippen LogP contribution in [0.4, 0.5) is 0 Å². The van der Waals surface area contributed by atoms with Crippen LogP contribution in [0.15, 0.2) is 91.0 Å². The number of carbonyl (C=O) groups is 1. The number of benzene rings is 3. The zero-order valence-corrected chi connectivity index (χ0v) is 17.0. The minimum absolute atomic E-state index is 0.272. The van der Waals surface area contributed by atoms with Gasteiger partial charge in [0.05, 0.1) is 5.41 Å². The van der Waals surface area contributed by atoms with E-state index in [1.807, 2.05) is 36.4 Å². The molecule has 0 spiro atoms. The fourth-order valence-corrected chi connectivity index (χ4v) is 4.58. The van der Waals surface area contributed by atoms with Gasteiger partial charge in [0.1, 0.15) is 0 Å². The maximum Gasteiger partial charge on any atom is 0.173 e. The second-order valence-electron chi connectivity index (χ2n) is 8.07. The van der Waals surface area contributed by atoms with Gasteiger partial charge in [-0.2, -0.15) is 0 Å². The summed E-state index contributed by atoms with van der Waals surface area (Å²) in [6.07, 6.45) is 4.05. The van der Waals surface area contributed by atoms with Crippen molar-refractivity contribution in [1.82, 2.24) is 4.90 Å². The lowest BCUT2D eigenvalue weighted by atomic mass is 9.68. The Hall–Kier alpha value is -2.71. The molecule has 2 heteroatoms. The lowest BCUT2D eigenvalue weighted by molar-refractivity contribution is 0.0770. The van der Waals surface area contributed by atoms with Gasteiger partial charge in [0.15, 0.2) is 5.78 Å². The molecule has 1 heterocycles. The number of likely N-dealkylation sites (tertiary alicyclic amines) is 1. The monoisotopic (exact) mass is 383 g/mol. The number of Topliss-reactive ketones (excluding diaryl/α,β-unsaturated/α-hetero) is 1. The molecule has 0 aromatic heterocycles. The molecule has 3 aromatic carbocycles. The molecule has 4 rings (SSSR count). The largest absolute Gasteiger partial charge is 0.303 e. The van der Waals surface area contributed by atoms with Gasteiger partial charge in [0.2, 0.25) is 0 Å². The quantitative estimate of drug-likeness (QED) is 0.500. The Balaban J connectivity index is 1.45. The van der Waals surface area contributed by atoms with Crippen LogP contribution in [0.5, 0.6) is 0 Å². The molecule has 0 unspecified atom stereocenters. The second-order valence-corrected chi connectivity index (χ2v) is 8.07. The number of piperidine rings is 1. The van der Waals surface area contributed by atoms with Crippen LogP contribution in [-0.4, -0.2) is 30.3 Å². The maximum absolute atomic E-state index is 13.6. The number of aryl methyl sites for hydroxylation is 1. The Kier molecular flexibility index (Phi) is 6.21. The summed E-state index contributed by atoms with van der Waals surface area (Å²) >= 11 is 0. The Labute approximate surface area is 174 Å². The molecular formula is C27H29NO. The van der Waals surface area contributed by atoms with E-state index in [2.05, 4.69) is 59.5 Å². The third-order valence-electron chi connectivity index (χ3n) is 6.29. The zero-order valence-electron chi connectivity index (χ0n) is 17.0. The first-order chi connectivity index (χ1) is 14.3. The molecule has 1 fully saturated rings. The molecule has 0 amide bonds. The third kappa shape index (κ3) is 4.49. The summed E-state index contributed by atoms with van der Waals surface area (Å²) in [5.74, 6) is 0.272. The standard InChI is InChI=1S/C27H29NO/c29-26(24-14-6-2-7-15-24)27(25-16-8-3-9-17-25)18-21-28(22-19-27)20-10-13-23-11-4-1-5-12-23/h1-9,11-12,14-17H,10,13,18-22H2. The molecule has 1 aliphatic rings. The maximum atomic E-state index is 13.6. The fraction of sp³-hybridized carbons (Fsp3) is 0.296. The Morgan fingerprint density at radius 2 is 1.31 bits per heavy atom. The van der Waals surface area contributed by atoms with Gasteiger partial charge < -0.3 is 4.90 Å². The normalized spacial score (nSPS) is 16.4. The van der Waals surface area contributed by atoms with Crippen molar-refractivity contribution in [1.29, 1.82) is 0 Å². The van der Waals surface area contributed by atoms with Gasteiger partial charge in [0.25, 0.3) is 0 Å². The lowest BCUT2D eigenvalue weighted by Crippen LogP contribution is -2.47. The lowest BCUT2D eigenvalue weighted by Gasteiger charge is -2.41. The van der Waals surface area contributed by atoms with E-state index in [4.69, 9.17) is 0 Å². The second kappa shape index (κ2) is 9.19. The molecule has 0 aliphatic carbocycles. The van der Waals surface area contributed by atoms with E-state index in [1.54, 1.807) is 0 Å². The Morgan fingerprint density at radius 1 is 0.759 bits per heavy atom. The molecule has 29 heavy (non-hydrogen) atoms. The summed E-state index contributed by atoms with van der Waals surface area (Å²) in [6, 6.07) is 30.9. The average molecular weight is 384 g/mol. The molecule has 2 nitrogen and oxygen atoms in total. The molecule has 0 saturated carbocycles. The van der Waals surface area contributed by atoms with Crippen LogP contribution in [0.1, 0.15) is 40.7 Å². The molecule has 1 aliphatic heterocycles. The summed E-state index contributed by atoms with van der Waals surface area (Å²) in [5, 5.41) is 0. The molecule has 1 saturated heterocycles. The number of carbonyl (C=O) groups excluding carboxylic acids is 1. The highest BCUT2D eigenvalue weighted by molar-refractivity contribution is 6.04. The molecule has 0 atom stereocenters. The highest BCUT2D eigenvalue weighted by Gasteiger charge is 2.42. The van der Waals surface area contributed by atoms with Crippen molar-refractivity contribution in [2.24, 2.45) is 0 Å². The first kappa shape index (κ1) is 19.6. The Morgan fingerprint density at radius 3 is 1.93 bits per heavy atom. The van der Waals surface area contributed by atoms with E-state index < -0.39 is 5.41 Å². The molecule has 148 valence electrons. The summed E-state index contributed by atoms with van der Waals surface area (Å²) < 4.78 is 0. The highest BCUT2D eigenvalue weighted by atomic mass is 16.1. The van der Waals surface area contributed by atoms with E-state index in [0.29, 0.717) is 0 Å². The SMILES string of the molecule is O=C(c1ccccc1)C1(c2ccccc2)CCN(CCCc2ccccc2)CC1. The minimum Gasteiger partial charge on any atom is -0.303 e. The van der Waals surface area contributed by atoms with Gasteiger partial charge in [-0.05, 0) is 56.4 Å². The van der Waals surface area contributed by atoms with Crippen molar-refractivity contribution in [3.8, 4) is 0 Å². The van der Waals surface area contributed by atoms with E-state index in [-0.39, 0.29) is 5.78 Å². The van der Waals surface area contributed by atoms with E-state index >= 15 is 0 Å². The predicted octanol–water partition coefficient (Wildman–Crippen LogP) is 5.54. The highest BCUT2D eigenvalue weighted by Crippen LogP contribution is 2.38. The van der Waals surface area contributed by atoms with E-state index in [1.165, 1.54) is 5.56 Å². The summed E-state index contributed by atoms with van der Waals surface area (Å²) in [6.45, 7) is 3.05. The van der Waals surface area contributed by atoms with E-state index in [0.717, 1.165) is 56.4 Å². The van der Waals surface area contributed by atoms with Crippen molar-refractivity contribution in [3.63, 3.8) is 0 Å². The number of ketones is 1. The van der Waals surface area contributed by atoms with Crippen molar-refractivity contribution in [3.05, 3.63) is 108 Å². The first-order valence-electron chi connectivity index (χ1n) is 10.7. The first-order valence-corrected chi connectivity index (χ1v) is 10.7. The molecule has 0 bridgehead atoms. The van der Waals surface area contributed by atoms with Crippen LogP contribution in [0.2, 0.25) is 0 Å². The molecular weight excluding hydrogens is 354 g/mol. The third-order valence-corrected chi connectivity index (χ3v) is 6.29. The Bertz CT molecular complexity index is 897. The van der Waals surface area contributed by atoms with Crippen LogP contribution in [0.25, 0.3) is 0 Å². The topological polar surface area (TPSA) is 20.3 Å². The van der Waals surface area contributed by atoms with Gasteiger partial charge >= 0.3 is 0 Å². The van der Waals surface area contributed by atoms with Crippen LogP contribution >= 0.6 is 0 Å². The predicted molar refractivity (Wildman–Crippen MR) is 119 cm³/mol.